The summed E-state index contributed by atoms with van der Waals surface area (Å²) in [6.07, 6.45) is -4.85. The maximum atomic E-state index is 12.5. The van der Waals surface area contributed by atoms with E-state index in [4.69, 9.17) is 5.11 Å². The lowest BCUT2D eigenvalue weighted by Gasteiger charge is -2.11. The molecule has 0 aliphatic carbocycles. The van der Waals surface area contributed by atoms with Crippen LogP contribution in [0.3, 0.4) is 0 Å². The smallest absolute Gasteiger partial charge is 0.417 e. The van der Waals surface area contributed by atoms with Gasteiger partial charge in [-0.25, -0.2) is 9.59 Å². The number of alkyl halides is 3. The Balaban J connectivity index is 3.40. The maximum absolute atomic E-state index is 12.5. The van der Waals surface area contributed by atoms with Gasteiger partial charge in [0.25, 0.3) is 0 Å². The number of methoxy groups -OCH3 is 1. The van der Waals surface area contributed by atoms with Crippen LogP contribution in [-0.4, -0.2) is 24.2 Å². The first-order valence-electron chi connectivity index (χ1n) is 4.30. The summed E-state index contributed by atoms with van der Waals surface area (Å²) in [6, 6.07) is 2.14. The molecule has 0 spiro atoms. The molecule has 0 heterocycles. The van der Waals surface area contributed by atoms with Crippen molar-refractivity contribution in [2.75, 3.05) is 7.11 Å². The third kappa shape index (κ3) is 2.74. The molecule has 92 valence electrons. The van der Waals surface area contributed by atoms with Crippen molar-refractivity contribution in [3.05, 3.63) is 34.9 Å². The lowest BCUT2D eigenvalue weighted by atomic mass is 10.0. The van der Waals surface area contributed by atoms with Gasteiger partial charge in [-0.15, -0.1) is 0 Å². The minimum atomic E-state index is -4.85. The Bertz CT molecular complexity index is 465. The molecule has 1 rings (SSSR count). The fraction of sp³-hybridized carbons (Fsp3) is 0.200. The molecule has 0 aliphatic heterocycles. The molecule has 0 unspecified atom stereocenters. The molecule has 0 saturated heterocycles. The first-order valence-corrected chi connectivity index (χ1v) is 4.30. The van der Waals surface area contributed by atoms with E-state index in [2.05, 4.69) is 4.74 Å². The lowest BCUT2D eigenvalue weighted by molar-refractivity contribution is -0.138. The standard InChI is InChI=1S/C10H7F3O4/c1-17-9(16)5-2-3-6(8(14)15)7(4-5)10(11,12)13/h2-4H,1H3,(H,14,15). The Morgan fingerprint density at radius 1 is 1.29 bits per heavy atom. The highest BCUT2D eigenvalue weighted by Crippen LogP contribution is 2.32. The largest absolute Gasteiger partial charge is 0.478 e. The van der Waals surface area contributed by atoms with E-state index in [-0.39, 0.29) is 5.56 Å². The predicted octanol–water partition coefficient (Wildman–Crippen LogP) is 2.19. The third-order valence-electron chi connectivity index (χ3n) is 1.98. The molecule has 1 aromatic carbocycles. The monoisotopic (exact) mass is 248 g/mol. The van der Waals surface area contributed by atoms with Gasteiger partial charge in [-0.05, 0) is 18.2 Å². The number of aromatic carboxylic acids is 1. The molecule has 0 aliphatic rings. The van der Waals surface area contributed by atoms with Crippen molar-refractivity contribution in [1.29, 1.82) is 0 Å². The Hall–Kier alpha value is -2.05. The quantitative estimate of drug-likeness (QED) is 0.815. The average Bonchev–Trinajstić information content (AvgIpc) is 2.25. The number of esters is 1. The molecule has 7 heteroatoms. The summed E-state index contributed by atoms with van der Waals surface area (Å²) in [5, 5.41) is 8.60. The number of carboxylic acids is 1. The SMILES string of the molecule is COC(=O)c1ccc(C(=O)O)c(C(F)(F)F)c1. The Labute approximate surface area is 93.6 Å². The second-order valence-corrected chi connectivity index (χ2v) is 3.05. The molecule has 4 nitrogen and oxygen atoms in total. The van der Waals surface area contributed by atoms with E-state index < -0.39 is 29.2 Å². The number of ether oxygens (including phenoxy) is 1. The molecule has 0 atom stereocenters. The number of rotatable bonds is 2. The van der Waals surface area contributed by atoms with Gasteiger partial charge in [0.2, 0.25) is 0 Å². The fourth-order valence-corrected chi connectivity index (χ4v) is 1.21. The molecule has 0 saturated carbocycles. The maximum Gasteiger partial charge on any atom is 0.417 e. The number of benzene rings is 1. The van der Waals surface area contributed by atoms with E-state index in [0.29, 0.717) is 6.07 Å². The lowest BCUT2D eigenvalue weighted by Crippen LogP contribution is -2.14. The van der Waals surface area contributed by atoms with E-state index in [0.717, 1.165) is 19.2 Å². The van der Waals surface area contributed by atoms with Crippen LogP contribution < -0.4 is 0 Å². The van der Waals surface area contributed by atoms with Crippen LogP contribution in [0.25, 0.3) is 0 Å². The van der Waals surface area contributed by atoms with E-state index in [1.54, 1.807) is 0 Å². The van der Waals surface area contributed by atoms with E-state index in [1.165, 1.54) is 0 Å². The molecular formula is C10H7F3O4. The zero-order valence-corrected chi connectivity index (χ0v) is 8.54. The summed E-state index contributed by atoms with van der Waals surface area (Å²) in [5.74, 6) is -2.68. The normalized spacial score (nSPS) is 11.1. The Kier molecular flexibility index (Phi) is 3.40. The van der Waals surface area contributed by atoms with Crippen molar-refractivity contribution < 1.29 is 32.6 Å². The fourth-order valence-electron chi connectivity index (χ4n) is 1.21. The molecule has 0 bridgehead atoms. The third-order valence-corrected chi connectivity index (χ3v) is 1.98. The summed E-state index contributed by atoms with van der Waals surface area (Å²) < 4.78 is 41.9. The molecule has 0 fully saturated rings. The van der Waals surface area contributed by atoms with Crippen LogP contribution in [0.5, 0.6) is 0 Å². The molecule has 17 heavy (non-hydrogen) atoms. The molecule has 1 aromatic rings. The Morgan fingerprint density at radius 3 is 2.29 bits per heavy atom. The molecule has 0 aromatic heterocycles. The number of carboxylic acid groups (broad SMARTS) is 1. The first kappa shape index (κ1) is 13.0. The van der Waals surface area contributed by atoms with Crippen LogP contribution in [0, 0.1) is 0 Å². The highest BCUT2D eigenvalue weighted by Gasteiger charge is 2.36. The van der Waals surface area contributed by atoms with Crippen molar-refractivity contribution in [2.45, 2.75) is 6.18 Å². The van der Waals surface area contributed by atoms with Crippen molar-refractivity contribution >= 4 is 11.9 Å². The highest BCUT2D eigenvalue weighted by molar-refractivity contribution is 5.94. The van der Waals surface area contributed by atoms with Crippen LogP contribution in [-0.2, 0) is 10.9 Å². The first-order chi connectivity index (χ1) is 7.77. The van der Waals surface area contributed by atoms with Gasteiger partial charge in [-0.2, -0.15) is 13.2 Å². The molecule has 1 N–H and O–H groups in total. The predicted molar refractivity (Wildman–Crippen MR) is 49.7 cm³/mol. The second kappa shape index (κ2) is 4.44. The average molecular weight is 248 g/mol. The van der Waals surface area contributed by atoms with Gasteiger partial charge in [0.15, 0.2) is 0 Å². The summed E-state index contributed by atoms with van der Waals surface area (Å²) in [7, 11) is 1.01. The van der Waals surface area contributed by atoms with Gasteiger partial charge in [-0.3, -0.25) is 0 Å². The summed E-state index contributed by atoms with van der Waals surface area (Å²) in [5.41, 5.74) is -2.65. The zero-order chi connectivity index (χ0) is 13.2. The number of halogens is 3. The van der Waals surface area contributed by atoms with Crippen LogP contribution in [0.15, 0.2) is 18.2 Å². The van der Waals surface area contributed by atoms with Crippen molar-refractivity contribution in [3.63, 3.8) is 0 Å². The van der Waals surface area contributed by atoms with Crippen molar-refractivity contribution in [2.24, 2.45) is 0 Å². The second-order valence-electron chi connectivity index (χ2n) is 3.05. The van der Waals surface area contributed by atoms with E-state index in [9.17, 15) is 22.8 Å². The molecule has 0 amide bonds. The van der Waals surface area contributed by atoms with Crippen molar-refractivity contribution in [1.82, 2.24) is 0 Å². The zero-order valence-electron chi connectivity index (χ0n) is 8.54. The van der Waals surface area contributed by atoms with Crippen LogP contribution in [0.2, 0.25) is 0 Å². The summed E-state index contributed by atoms with van der Waals surface area (Å²) in [4.78, 5) is 21.6. The minimum Gasteiger partial charge on any atom is -0.478 e. The topological polar surface area (TPSA) is 63.6 Å². The van der Waals surface area contributed by atoms with Gasteiger partial charge >= 0.3 is 18.1 Å². The van der Waals surface area contributed by atoms with Crippen molar-refractivity contribution in [3.8, 4) is 0 Å². The van der Waals surface area contributed by atoms with Crippen LogP contribution >= 0.6 is 0 Å². The van der Waals surface area contributed by atoms with E-state index in [1.807, 2.05) is 0 Å². The van der Waals surface area contributed by atoms with Gasteiger partial charge in [0.05, 0.1) is 23.8 Å². The van der Waals surface area contributed by atoms with Crippen LogP contribution in [0.4, 0.5) is 13.2 Å². The molecular weight excluding hydrogens is 241 g/mol. The summed E-state index contributed by atoms with van der Waals surface area (Å²) in [6.45, 7) is 0. The number of carbonyl (C=O) groups is 2. The number of hydrogen-bond acceptors (Lipinski definition) is 3. The van der Waals surface area contributed by atoms with Gasteiger partial charge < -0.3 is 9.84 Å². The van der Waals surface area contributed by atoms with Gasteiger partial charge in [0.1, 0.15) is 0 Å². The Morgan fingerprint density at radius 2 is 1.88 bits per heavy atom. The van der Waals surface area contributed by atoms with E-state index >= 15 is 0 Å². The van der Waals surface area contributed by atoms with Crippen LogP contribution in [0.1, 0.15) is 26.3 Å². The van der Waals surface area contributed by atoms with Gasteiger partial charge in [-0.1, -0.05) is 0 Å². The number of carbonyl (C=O) groups excluding carboxylic acids is 1. The van der Waals surface area contributed by atoms with Gasteiger partial charge in [0, 0.05) is 0 Å². The highest BCUT2D eigenvalue weighted by atomic mass is 19.4. The number of hydrogen-bond donors (Lipinski definition) is 1. The summed E-state index contributed by atoms with van der Waals surface area (Å²) >= 11 is 0. The molecule has 0 radical (unpaired) electrons. The minimum absolute atomic E-state index is 0.357.